The number of carbonyl (C=O) groups is 2. The summed E-state index contributed by atoms with van der Waals surface area (Å²) in [4.78, 5) is 26.9. The summed E-state index contributed by atoms with van der Waals surface area (Å²) in [6.07, 6.45) is -4.90. The van der Waals surface area contributed by atoms with Crippen LogP contribution in [0.2, 0.25) is 0 Å². The van der Waals surface area contributed by atoms with E-state index in [1.807, 2.05) is 0 Å². The summed E-state index contributed by atoms with van der Waals surface area (Å²) in [5.41, 5.74) is -1.15. The molecule has 0 aromatic carbocycles. The van der Waals surface area contributed by atoms with E-state index in [9.17, 15) is 22.8 Å². The smallest absolute Gasteiger partial charge is 0.434 e. The maximum absolute atomic E-state index is 12.7. The molecule has 1 N–H and O–H groups in total. The summed E-state index contributed by atoms with van der Waals surface area (Å²) in [6.45, 7) is -0.180. The fourth-order valence-electron chi connectivity index (χ4n) is 1.88. The molecule has 0 spiro atoms. The molecule has 1 saturated heterocycles. The lowest BCUT2D eigenvalue weighted by molar-refractivity contribution is -0.142. The average Bonchev–Trinajstić information content (AvgIpc) is 2.71. The first kappa shape index (κ1) is 14.8. The second-order valence-electron chi connectivity index (χ2n) is 4.24. The van der Waals surface area contributed by atoms with Crippen LogP contribution in [0.5, 0.6) is 0 Å². The number of rotatable bonds is 2. The predicted molar refractivity (Wildman–Crippen MR) is 65.0 cm³/mol. The summed E-state index contributed by atoms with van der Waals surface area (Å²) in [5.74, 6) is -2.84. The molecule has 0 aliphatic carbocycles. The number of aromatic nitrogens is 1. The summed E-state index contributed by atoms with van der Waals surface area (Å²) < 4.78 is 37.9. The second-order valence-corrected chi connectivity index (χ2v) is 5.10. The maximum atomic E-state index is 12.7. The molecule has 1 amide bonds. The Labute approximate surface area is 119 Å². The molecular formula is C11H8BrF3N2O3. The Bertz CT molecular complexity index is 577. The Morgan fingerprint density at radius 3 is 2.60 bits per heavy atom. The van der Waals surface area contributed by atoms with Crippen molar-refractivity contribution >= 4 is 33.6 Å². The number of alkyl halides is 3. The van der Waals surface area contributed by atoms with Crippen LogP contribution in [0, 0.1) is 5.92 Å². The Morgan fingerprint density at radius 2 is 2.10 bits per heavy atom. The topological polar surface area (TPSA) is 70.5 Å². The number of pyridine rings is 1. The van der Waals surface area contributed by atoms with Crippen LogP contribution >= 0.6 is 15.9 Å². The lowest BCUT2D eigenvalue weighted by Gasteiger charge is -2.17. The van der Waals surface area contributed by atoms with E-state index in [1.54, 1.807) is 0 Å². The number of hydrogen-bond donors (Lipinski definition) is 1. The Balaban J connectivity index is 2.35. The molecule has 1 fully saturated rings. The first-order valence-electron chi connectivity index (χ1n) is 5.47. The summed E-state index contributed by atoms with van der Waals surface area (Å²) in [6, 6.07) is 2.37. The molecule has 0 saturated carbocycles. The van der Waals surface area contributed by atoms with Crippen molar-refractivity contribution in [2.24, 2.45) is 5.92 Å². The molecule has 1 unspecified atom stereocenters. The molecule has 1 atom stereocenters. The van der Waals surface area contributed by atoms with Gasteiger partial charge < -0.3 is 5.11 Å². The molecule has 5 nitrogen and oxygen atoms in total. The van der Waals surface area contributed by atoms with Crippen LogP contribution in [0.1, 0.15) is 12.1 Å². The Morgan fingerprint density at radius 1 is 1.45 bits per heavy atom. The van der Waals surface area contributed by atoms with Crippen molar-refractivity contribution in [1.29, 1.82) is 0 Å². The van der Waals surface area contributed by atoms with Crippen LogP contribution in [0.3, 0.4) is 0 Å². The number of carbonyl (C=O) groups excluding carboxylic acids is 1. The normalized spacial score (nSPS) is 19.5. The molecule has 1 aliphatic rings. The van der Waals surface area contributed by atoms with Crippen molar-refractivity contribution in [2.45, 2.75) is 12.6 Å². The van der Waals surface area contributed by atoms with Crippen molar-refractivity contribution < 1.29 is 27.9 Å². The van der Waals surface area contributed by atoms with Crippen molar-refractivity contribution in [1.82, 2.24) is 4.98 Å². The minimum absolute atomic E-state index is 0.180. The monoisotopic (exact) mass is 352 g/mol. The van der Waals surface area contributed by atoms with Gasteiger partial charge in [0.15, 0.2) is 5.69 Å². The number of nitrogens with zero attached hydrogens (tertiary/aromatic N) is 2. The third kappa shape index (κ3) is 2.77. The average molecular weight is 353 g/mol. The molecule has 1 aliphatic heterocycles. The minimum atomic E-state index is -4.66. The molecule has 9 heteroatoms. The number of carboxylic acids is 1. The Hall–Kier alpha value is -1.64. The Kier molecular flexibility index (Phi) is 3.72. The lowest BCUT2D eigenvalue weighted by Crippen LogP contribution is -2.27. The third-order valence-electron chi connectivity index (χ3n) is 2.85. The van der Waals surface area contributed by atoms with Crippen LogP contribution in [-0.4, -0.2) is 28.5 Å². The minimum Gasteiger partial charge on any atom is -0.481 e. The lowest BCUT2D eigenvalue weighted by atomic mass is 10.1. The quantitative estimate of drug-likeness (QED) is 0.886. The van der Waals surface area contributed by atoms with Crippen molar-refractivity contribution in [3.8, 4) is 0 Å². The van der Waals surface area contributed by atoms with Crippen LogP contribution in [0.4, 0.5) is 19.0 Å². The SMILES string of the molecule is O=C(O)C1CC(=O)N(c2ccc(Br)c(C(F)(F)F)n2)C1. The largest absolute Gasteiger partial charge is 0.481 e. The fourth-order valence-corrected chi connectivity index (χ4v) is 2.32. The highest BCUT2D eigenvalue weighted by molar-refractivity contribution is 9.10. The number of hydrogen-bond acceptors (Lipinski definition) is 3. The van der Waals surface area contributed by atoms with Gasteiger partial charge in [-0.25, -0.2) is 4.98 Å². The zero-order valence-corrected chi connectivity index (χ0v) is 11.4. The zero-order valence-electron chi connectivity index (χ0n) is 9.82. The van der Waals surface area contributed by atoms with E-state index in [4.69, 9.17) is 5.11 Å². The fraction of sp³-hybridized carbons (Fsp3) is 0.364. The van der Waals surface area contributed by atoms with Gasteiger partial charge in [0.2, 0.25) is 5.91 Å². The van der Waals surface area contributed by atoms with E-state index in [-0.39, 0.29) is 23.3 Å². The molecule has 20 heavy (non-hydrogen) atoms. The number of anilines is 1. The molecular weight excluding hydrogens is 345 g/mol. The maximum Gasteiger partial charge on any atom is 0.434 e. The van der Waals surface area contributed by atoms with Crippen molar-refractivity contribution in [3.63, 3.8) is 0 Å². The van der Waals surface area contributed by atoms with Crippen LogP contribution in [0.15, 0.2) is 16.6 Å². The predicted octanol–water partition coefficient (Wildman–Crippen LogP) is 2.30. The van der Waals surface area contributed by atoms with E-state index in [1.165, 1.54) is 6.07 Å². The standard InChI is InChI=1S/C11H8BrF3N2O3/c12-6-1-2-7(16-9(6)11(13,14)15)17-4-5(10(19)20)3-8(17)18/h1-2,5H,3-4H2,(H,19,20). The molecule has 2 heterocycles. The molecule has 0 bridgehead atoms. The van der Waals surface area contributed by atoms with Crippen LogP contribution in [0.25, 0.3) is 0 Å². The van der Waals surface area contributed by atoms with E-state index >= 15 is 0 Å². The zero-order chi connectivity index (χ0) is 15.1. The number of carboxylic acid groups (broad SMARTS) is 1. The molecule has 0 radical (unpaired) electrons. The van der Waals surface area contributed by atoms with E-state index < -0.39 is 29.7 Å². The van der Waals surface area contributed by atoms with E-state index in [0.717, 1.165) is 11.0 Å². The molecule has 1 aromatic rings. The highest BCUT2D eigenvalue weighted by Crippen LogP contribution is 2.35. The highest BCUT2D eigenvalue weighted by atomic mass is 79.9. The van der Waals surface area contributed by atoms with Gasteiger partial charge in [-0.2, -0.15) is 13.2 Å². The highest BCUT2D eigenvalue weighted by Gasteiger charge is 2.39. The van der Waals surface area contributed by atoms with Crippen molar-refractivity contribution in [2.75, 3.05) is 11.4 Å². The molecule has 1 aromatic heterocycles. The van der Waals surface area contributed by atoms with Gasteiger partial charge in [0, 0.05) is 17.4 Å². The number of halogens is 4. The van der Waals surface area contributed by atoms with Gasteiger partial charge in [-0.3, -0.25) is 14.5 Å². The van der Waals surface area contributed by atoms with Gasteiger partial charge in [0.1, 0.15) is 5.82 Å². The third-order valence-corrected chi connectivity index (χ3v) is 3.49. The molecule has 2 rings (SSSR count). The summed E-state index contributed by atoms with van der Waals surface area (Å²) >= 11 is 2.74. The number of amides is 1. The van der Waals surface area contributed by atoms with Crippen LogP contribution < -0.4 is 4.90 Å². The van der Waals surface area contributed by atoms with E-state index in [0.29, 0.717) is 0 Å². The van der Waals surface area contributed by atoms with Gasteiger partial charge in [-0.15, -0.1) is 0 Å². The van der Waals surface area contributed by atoms with Crippen LogP contribution in [-0.2, 0) is 15.8 Å². The molecule has 108 valence electrons. The van der Waals surface area contributed by atoms with Gasteiger partial charge in [-0.1, -0.05) is 0 Å². The van der Waals surface area contributed by atoms with Crippen molar-refractivity contribution in [3.05, 3.63) is 22.3 Å². The van der Waals surface area contributed by atoms with Gasteiger partial charge >= 0.3 is 12.1 Å². The van der Waals surface area contributed by atoms with Gasteiger partial charge in [0.25, 0.3) is 0 Å². The first-order chi connectivity index (χ1) is 9.20. The van der Waals surface area contributed by atoms with Gasteiger partial charge in [-0.05, 0) is 28.1 Å². The van der Waals surface area contributed by atoms with E-state index in [2.05, 4.69) is 20.9 Å². The number of aliphatic carboxylic acids is 1. The first-order valence-corrected chi connectivity index (χ1v) is 6.26. The van der Waals surface area contributed by atoms with Gasteiger partial charge in [0.05, 0.1) is 5.92 Å². The summed E-state index contributed by atoms with van der Waals surface area (Å²) in [7, 11) is 0. The summed E-state index contributed by atoms with van der Waals surface area (Å²) in [5, 5.41) is 8.84. The second kappa shape index (κ2) is 5.04.